The highest BCUT2D eigenvalue weighted by atomic mass is 16.5. The first-order valence-corrected chi connectivity index (χ1v) is 13.3. The first kappa shape index (κ1) is 27.0. The van der Waals surface area contributed by atoms with E-state index < -0.39 is 0 Å². The van der Waals surface area contributed by atoms with E-state index in [1.807, 2.05) is 0 Å². The van der Waals surface area contributed by atoms with Gasteiger partial charge in [0.05, 0.1) is 26.4 Å². The maximum absolute atomic E-state index is 6.60. The van der Waals surface area contributed by atoms with Gasteiger partial charge in [0, 0.05) is 87.5 Å². The molecule has 0 radical (unpaired) electrons. The third kappa shape index (κ3) is 7.49. The molecule has 0 saturated heterocycles. The van der Waals surface area contributed by atoms with Gasteiger partial charge in [-0.1, -0.05) is 36.4 Å². The zero-order valence-corrected chi connectivity index (χ0v) is 21.5. The molecule has 8 heteroatoms. The average molecular weight is 499 g/mol. The van der Waals surface area contributed by atoms with Gasteiger partial charge in [0.1, 0.15) is 11.2 Å². The first-order valence-electron chi connectivity index (χ1n) is 13.3. The van der Waals surface area contributed by atoms with Crippen molar-refractivity contribution in [1.82, 2.24) is 9.80 Å². The van der Waals surface area contributed by atoms with Crippen LogP contribution in [0.4, 0.5) is 0 Å². The molecule has 1 aromatic heterocycles. The molecule has 198 valence electrons. The number of fused-ring (bicyclic) bond motifs is 1. The lowest BCUT2D eigenvalue weighted by Crippen LogP contribution is -2.31. The third-order valence-corrected chi connectivity index (χ3v) is 6.64. The Bertz CT molecular complexity index is 976. The summed E-state index contributed by atoms with van der Waals surface area (Å²) in [5, 5.41) is 2.33. The minimum atomic E-state index is 0.592. The SMILES string of the molecule is NCCN1CCCOCCOCCOCCCN(CCN)Cc2cccc3c2oc2c(cccc23)C1. The maximum atomic E-state index is 6.60. The van der Waals surface area contributed by atoms with E-state index in [1.165, 1.54) is 11.1 Å². The molecule has 1 aliphatic rings. The predicted octanol–water partition coefficient (Wildman–Crippen LogP) is 2.95. The second kappa shape index (κ2) is 14.6. The van der Waals surface area contributed by atoms with Gasteiger partial charge in [0.15, 0.2) is 0 Å². The molecule has 36 heavy (non-hydrogen) atoms. The van der Waals surface area contributed by atoms with E-state index >= 15 is 0 Å². The van der Waals surface area contributed by atoms with Gasteiger partial charge in [0.2, 0.25) is 0 Å². The average Bonchev–Trinajstić information content (AvgIpc) is 3.27. The van der Waals surface area contributed by atoms with Crippen molar-refractivity contribution < 1.29 is 18.6 Å². The minimum absolute atomic E-state index is 0.592. The molecule has 2 aromatic carbocycles. The van der Waals surface area contributed by atoms with Crippen LogP contribution in [0.25, 0.3) is 21.9 Å². The van der Waals surface area contributed by atoms with Gasteiger partial charge in [0.25, 0.3) is 0 Å². The fourth-order valence-corrected chi connectivity index (χ4v) is 4.90. The Morgan fingerprint density at radius 3 is 1.50 bits per heavy atom. The number of benzene rings is 2. The van der Waals surface area contributed by atoms with E-state index in [0.29, 0.717) is 52.7 Å². The molecule has 0 aliphatic carbocycles. The van der Waals surface area contributed by atoms with Crippen molar-refractivity contribution in [1.29, 1.82) is 0 Å². The Hall–Kier alpha value is -2.04. The molecule has 1 aliphatic heterocycles. The van der Waals surface area contributed by atoms with Crippen LogP contribution in [0.1, 0.15) is 24.0 Å². The van der Waals surface area contributed by atoms with Crippen molar-refractivity contribution in [3.05, 3.63) is 47.5 Å². The predicted molar refractivity (Wildman–Crippen MR) is 144 cm³/mol. The van der Waals surface area contributed by atoms with Crippen molar-refractivity contribution in [2.45, 2.75) is 25.9 Å². The Morgan fingerprint density at radius 1 is 0.611 bits per heavy atom. The van der Waals surface area contributed by atoms with Crippen LogP contribution in [-0.2, 0) is 27.3 Å². The largest absolute Gasteiger partial charge is 0.455 e. The Balaban J connectivity index is 1.60. The van der Waals surface area contributed by atoms with E-state index in [4.69, 9.17) is 30.1 Å². The van der Waals surface area contributed by atoms with E-state index in [1.54, 1.807) is 0 Å². The summed E-state index contributed by atoms with van der Waals surface area (Å²) in [5.74, 6) is 0. The van der Waals surface area contributed by atoms with E-state index in [9.17, 15) is 0 Å². The number of para-hydroxylation sites is 2. The molecular weight excluding hydrogens is 456 g/mol. The summed E-state index contributed by atoms with van der Waals surface area (Å²) in [6.07, 6.45) is 1.89. The Kier molecular flexibility index (Phi) is 11.0. The van der Waals surface area contributed by atoms with Gasteiger partial charge in [-0.05, 0) is 12.8 Å². The topological polar surface area (TPSA) is 99.4 Å². The van der Waals surface area contributed by atoms with Crippen molar-refractivity contribution in [2.24, 2.45) is 11.5 Å². The van der Waals surface area contributed by atoms with Gasteiger partial charge in [-0.2, -0.15) is 0 Å². The number of nitrogens with two attached hydrogens (primary N) is 2. The summed E-state index contributed by atoms with van der Waals surface area (Å²) < 4.78 is 23.8. The number of rotatable bonds is 4. The number of ether oxygens (including phenoxy) is 3. The van der Waals surface area contributed by atoms with Gasteiger partial charge in [-0.3, -0.25) is 9.80 Å². The Morgan fingerprint density at radius 2 is 1.06 bits per heavy atom. The van der Waals surface area contributed by atoms with Crippen LogP contribution in [0.15, 0.2) is 40.8 Å². The van der Waals surface area contributed by atoms with Crippen molar-refractivity contribution in [2.75, 3.05) is 78.9 Å². The number of hydrogen-bond donors (Lipinski definition) is 2. The fourth-order valence-electron chi connectivity index (χ4n) is 4.90. The van der Waals surface area contributed by atoms with Gasteiger partial charge in [-0.25, -0.2) is 0 Å². The number of hydrogen-bond acceptors (Lipinski definition) is 8. The summed E-state index contributed by atoms with van der Waals surface area (Å²) in [5.41, 5.74) is 16.2. The summed E-state index contributed by atoms with van der Waals surface area (Å²) in [4.78, 5) is 4.77. The molecule has 0 atom stereocenters. The highest BCUT2D eigenvalue weighted by Crippen LogP contribution is 2.34. The molecule has 4 rings (SSSR count). The second-order valence-electron chi connectivity index (χ2n) is 9.36. The van der Waals surface area contributed by atoms with Gasteiger partial charge < -0.3 is 30.1 Å². The summed E-state index contributed by atoms with van der Waals surface area (Å²) >= 11 is 0. The lowest BCUT2D eigenvalue weighted by molar-refractivity contribution is 0.0115. The molecule has 0 unspecified atom stereocenters. The van der Waals surface area contributed by atoms with Crippen LogP contribution in [-0.4, -0.2) is 88.7 Å². The number of furan rings is 1. The monoisotopic (exact) mass is 498 g/mol. The summed E-state index contributed by atoms with van der Waals surface area (Å²) in [6.45, 7) is 10.1. The smallest absolute Gasteiger partial charge is 0.139 e. The molecule has 3 aromatic rings. The lowest BCUT2D eigenvalue weighted by Gasteiger charge is -2.22. The quantitative estimate of drug-likeness (QED) is 0.567. The first-order chi connectivity index (χ1) is 17.8. The normalized spacial score (nSPS) is 19.1. The molecule has 0 saturated carbocycles. The Labute approximate surface area is 214 Å². The standard InChI is InChI=1S/C28H42N4O4/c29-9-13-31-11-3-15-33-17-19-35-20-18-34-16-4-12-32(14-10-30)22-24-6-2-8-26-25-7-1-5-23(21-31)27(25)36-28(24)26/h1-2,5-8H,3-4,9-22,29-30H2. The van der Waals surface area contributed by atoms with Crippen molar-refractivity contribution in [3.8, 4) is 0 Å². The van der Waals surface area contributed by atoms with E-state index in [2.05, 4.69) is 46.2 Å². The molecular formula is C28H42N4O4. The molecule has 0 fully saturated rings. The van der Waals surface area contributed by atoms with Crippen LogP contribution in [0.5, 0.6) is 0 Å². The molecule has 0 spiro atoms. The van der Waals surface area contributed by atoms with Crippen LogP contribution < -0.4 is 11.5 Å². The van der Waals surface area contributed by atoms with E-state index in [0.717, 1.165) is 74.0 Å². The van der Waals surface area contributed by atoms with E-state index in [-0.39, 0.29) is 0 Å². The highest BCUT2D eigenvalue weighted by Gasteiger charge is 2.17. The minimum Gasteiger partial charge on any atom is -0.455 e. The molecule has 0 amide bonds. The van der Waals surface area contributed by atoms with Gasteiger partial charge in [-0.15, -0.1) is 0 Å². The number of nitrogens with zero attached hydrogens (tertiary/aromatic N) is 2. The van der Waals surface area contributed by atoms with Crippen LogP contribution in [0, 0.1) is 0 Å². The summed E-state index contributed by atoms with van der Waals surface area (Å²) in [6, 6.07) is 12.9. The lowest BCUT2D eigenvalue weighted by atomic mass is 10.1. The maximum Gasteiger partial charge on any atom is 0.139 e. The third-order valence-electron chi connectivity index (χ3n) is 6.64. The zero-order chi connectivity index (χ0) is 25.0. The van der Waals surface area contributed by atoms with Crippen LogP contribution in [0.2, 0.25) is 0 Å². The summed E-state index contributed by atoms with van der Waals surface area (Å²) in [7, 11) is 0. The van der Waals surface area contributed by atoms with Crippen LogP contribution in [0.3, 0.4) is 0 Å². The second-order valence-corrected chi connectivity index (χ2v) is 9.36. The van der Waals surface area contributed by atoms with Crippen molar-refractivity contribution >= 4 is 21.9 Å². The molecule has 2 heterocycles. The molecule has 8 nitrogen and oxygen atoms in total. The van der Waals surface area contributed by atoms with Gasteiger partial charge >= 0.3 is 0 Å². The molecule has 2 bridgehead atoms. The van der Waals surface area contributed by atoms with Crippen LogP contribution >= 0.6 is 0 Å². The molecule has 4 N–H and O–H groups in total. The highest BCUT2D eigenvalue weighted by molar-refractivity contribution is 6.06. The van der Waals surface area contributed by atoms with Crippen molar-refractivity contribution in [3.63, 3.8) is 0 Å². The fraction of sp³-hybridized carbons (Fsp3) is 0.571. The zero-order valence-electron chi connectivity index (χ0n) is 21.5.